The number of aromatic nitrogens is 3. The van der Waals surface area contributed by atoms with Crippen molar-refractivity contribution in [1.82, 2.24) is 15.2 Å². The van der Waals surface area contributed by atoms with Crippen molar-refractivity contribution >= 4 is 11.6 Å². The molecule has 2 rings (SSSR count). The van der Waals surface area contributed by atoms with E-state index in [1.54, 1.807) is 25.3 Å². The lowest BCUT2D eigenvalue weighted by Crippen LogP contribution is -2.12. The standard InChI is InChI=1S/C12H14N4O2/c1-3-18-11-5-4-9(6-13-11)15-12(17)10-7-14-16-8(10)2/h4-7H,3H2,1-2H3,(H,14,16)(H,15,17). The SMILES string of the molecule is CCOc1ccc(NC(=O)c2cn[nH]c2C)cn1. The molecule has 0 aromatic carbocycles. The number of pyridine rings is 1. The molecule has 2 aromatic heterocycles. The van der Waals surface area contributed by atoms with E-state index in [-0.39, 0.29) is 5.91 Å². The summed E-state index contributed by atoms with van der Waals surface area (Å²) in [5.74, 6) is 0.321. The first-order valence-electron chi connectivity index (χ1n) is 5.61. The Morgan fingerprint density at radius 3 is 2.83 bits per heavy atom. The predicted octanol–water partition coefficient (Wildman–Crippen LogP) is 1.76. The van der Waals surface area contributed by atoms with Crippen LogP contribution in [0.3, 0.4) is 0 Å². The molecule has 6 nitrogen and oxygen atoms in total. The fourth-order valence-electron chi connectivity index (χ4n) is 1.47. The lowest BCUT2D eigenvalue weighted by Gasteiger charge is -2.05. The molecule has 2 N–H and O–H groups in total. The van der Waals surface area contributed by atoms with Crippen molar-refractivity contribution in [3.8, 4) is 5.88 Å². The number of hydrogen-bond donors (Lipinski definition) is 2. The zero-order valence-electron chi connectivity index (χ0n) is 10.2. The number of H-pyrrole nitrogens is 1. The maximum atomic E-state index is 11.9. The van der Waals surface area contributed by atoms with Crippen molar-refractivity contribution < 1.29 is 9.53 Å². The van der Waals surface area contributed by atoms with Crippen LogP contribution in [0.4, 0.5) is 5.69 Å². The van der Waals surface area contributed by atoms with Crippen molar-refractivity contribution in [3.05, 3.63) is 35.8 Å². The molecular weight excluding hydrogens is 232 g/mol. The maximum absolute atomic E-state index is 11.9. The summed E-state index contributed by atoms with van der Waals surface area (Å²) in [6.45, 7) is 4.24. The van der Waals surface area contributed by atoms with Gasteiger partial charge < -0.3 is 10.1 Å². The highest BCUT2D eigenvalue weighted by atomic mass is 16.5. The summed E-state index contributed by atoms with van der Waals surface area (Å²) in [4.78, 5) is 15.9. The highest BCUT2D eigenvalue weighted by molar-refractivity contribution is 6.04. The van der Waals surface area contributed by atoms with Gasteiger partial charge in [-0.3, -0.25) is 9.89 Å². The Morgan fingerprint density at radius 2 is 2.28 bits per heavy atom. The number of anilines is 1. The summed E-state index contributed by atoms with van der Waals surface area (Å²) in [5, 5.41) is 9.25. The second-order valence-corrected chi connectivity index (χ2v) is 3.68. The molecule has 0 spiro atoms. The van der Waals surface area contributed by atoms with Crippen LogP contribution in [0.1, 0.15) is 23.0 Å². The van der Waals surface area contributed by atoms with Crippen LogP contribution in [0.2, 0.25) is 0 Å². The van der Waals surface area contributed by atoms with E-state index in [1.807, 2.05) is 6.92 Å². The Kier molecular flexibility index (Phi) is 3.57. The number of nitrogens with zero attached hydrogens (tertiary/aromatic N) is 2. The Bertz CT molecular complexity index is 533. The van der Waals surface area contributed by atoms with Gasteiger partial charge in [-0.25, -0.2) is 4.98 Å². The summed E-state index contributed by atoms with van der Waals surface area (Å²) in [6, 6.07) is 3.45. The number of hydrogen-bond acceptors (Lipinski definition) is 4. The van der Waals surface area contributed by atoms with Crippen LogP contribution in [0, 0.1) is 6.92 Å². The zero-order chi connectivity index (χ0) is 13.0. The lowest BCUT2D eigenvalue weighted by atomic mass is 10.2. The zero-order valence-corrected chi connectivity index (χ0v) is 10.2. The van der Waals surface area contributed by atoms with Crippen LogP contribution in [0.15, 0.2) is 24.5 Å². The summed E-state index contributed by atoms with van der Waals surface area (Å²) in [7, 11) is 0. The van der Waals surface area contributed by atoms with E-state index in [0.29, 0.717) is 23.7 Å². The van der Waals surface area contributed by atoms with Crippen molar-refractivity contribution in [3.63, 3.8) is 0 Å². The topological polar surface area (TPSA) is 79.9 Å². The van der Waals surface area contributed by atoms with Gasteiger partial charge in [-0.05, 0) is 19.9 Å². The fourth-order valence-corrected chi connectivity index (χ4v) is 1.47. The number of nitrogens with one attached hydrogen (secondary N) is 2. The predicted molar refractivity (Wildman–Crippen MR) is 66.7 cm³/mol. The van der Waals surface area contributed by atoms with E-state index >= 15 is 0 Å². The Morgan fingerprint density at radius 1 is 1.44 bits per heavy atom. The van der Waals surface area contributed by atoms with Gasteiger partial charge in [0.25, 0.3) is 5.91 Å². The molecule has 6 heteroatoms. The van der Waals surface area contributed by atoms with Gasteiger partial charge in [0.05, 0.1) is 30.3 Å². The van der Waals surface area contributed by atoms with Crippen molar-refractivity contribution in [1.29, 1.82) is 0 Å². The molecule has 0 aliphatic carbocycles. The minimum atomic E-state index is -0.216. The molecule has 1 amide bonds. The number of carbonyl (C=O) groups is 1. The van der Waals surface area contributed by atoms with E-state index in [1.165, 1.54) is 6.20 Å². The summed E-state index contributed by atoms with van der Waals surface area (Å²) >= 11 is 0. The molecule has 94 valence electrons. The number of ether oxygens (including phenoxy) is 1. The van der Waals surface area contributed by atoms with Crippen LogP contribution in [-0.2, 0) is 0 Å². The third-order valence-corrected chi connectivity index (χ3v) is 2.36. The number of aryl methyl sites for hydroxylation is 1. The maximum Gasteiger partial charge on any atom is 0.259 e. The monoisotopic (exact) mass is 246 g/mol. The molecule has 0 saturated heterocycles. The highest BCUT2D eigenvalue weighted by Crippen LogP contribution is 2.13. The van der Waals surface area contributed by atoms with Crippen LogP contribution in [0.25, 0.3) is 0 Å². The third-order valence-electron chi connectivity index (χ3n) is 2.36. The largest absolute Gasteiger partial charge is 0.478 e. The van der Waals surface area contributed by atoms with Crippen LogP contribution >= 0.6 is 0 Å². The molecule has 0 aliphatic heterocycles. The molecule has 2 heterocycles. The molecule has 0 bridgehead atoms. The number of carbonyl (C=O) groups excluding carboxylic acids is 1. The molecule has 0 atom stereocenters. The molecule has 2 aromatic rings. The number of aromatic amines is 1. The van der Waals surface area contributed by atoms with Gasteiger partial charge in [-0.15, -0.1) is 0 Å². The van der Waals surface area contributed by atoms with Gasteiger partial charge in [-0.1, -0.05) is 0 Å². The second-order valence-electron chi connectivity index (χ2n) is 3.68. The van der Waals surface area contributed by atoms with E-state index in [0.717, 1.165) is 5.69 Å². The van der Waals surface area contributed by atoms with Crippen LogP contribution in [-0.4, -0.2) is 27.7 Å². The Hall–Kier alpha value is -2.37. The average molecular weight is 246 g/mol. The van der Waals surface area contributed by atoms with Gasteiger partial charge in [0, 0.05) is 11.8 Å². The first kappa shape index (κ1) is 12.1. The van der Waals surface area contributed by atoms with Crippen LogP contribution < -0.4 is 10.1 Å². The summed E-state index contributed by atoms with van der Waals surface area (Å²) < 4.78 is 5.22. The first-order chi connectivity index (χ1) is 8.70. The molecule has 0 radical (unpaired) electrons. The molecule has 0 fully saturated rings. The van der Waals surface area contributed by atoms with Crippen LogP contribution in [0.5, 0.6) is 5.88 Å². The quantitative estimate of drug-likeness (QED) is 0.861. The van der Waals surface area contributed by atoms with Gasteiger partial charge in [-0.2, -0.15) is 5.10 Å². The lowest BCUT2D eigenvalue weighted by molar-refractivity contribution is 0.102. The first-order valence-corrected chi connectivity index (χ1v) is 5.61. The van der Waals surface area contributed by atoms with E-state index < -0.39 is 0 Å². The molecular formula is C12H14N4O2. The highest BCUT2D eigenvalue weighted by Gasteiger charge is 2.10. The van der Waals surface area contributed by atoms with Gasteiger partial charge >= 0.3 is 0 Å². The van der Waals surface area contributed by atoms with Gasteiger partial charge in [0.2, 0.25) is 5.88 Å². The van der Waals surface area contributed by atoms with E-state index in [2.05, 4.69) is 20.5 Å². The Balaban J connectivity index is 2.05. The second kappa shape index (κ2) is 5.31. The average Bonchev–Trinajstić information content (AvgIpc) is 2.78. The molecule has 18 heavy (non-hydrogen) atoms. The van der Waals surface area contributed by atoms with Gasteiger partial charge in [0.1, 0.15) is 0 Å². The van der Waals surface area contributed by atoms with Crippen molar-refractivity contribution in [2.75, 3.05) is 11.9 Å². The van der Waals surface area contributed by atoms with Crippen molar-refractivity contribution in [2.45, 2.75) is 13.8 Å². The molecule has 0 aliphatic rings. The minimum Gasteiger partial charge on any atom is -0.478 e. The molecule has 0 unspecified atom stereocenters. The fraction of sp³-hybridized carbons (Fsp3) is 0.250. The van der Waals surface area contributed by atoms with Gasteiger partial charge in [0.15, 0.2) is 0 Å². The van der Waals surface area contributed by atoms with E-state index in [9.17, 15) is 4.79 Å². The molecule has 0 saturated carbocycles. The number of rotatable bonds is 4. The van der Waals surface area contributed by atoms with Crippen molar-refractivity contribution in [2.24, 2.45) is 0 Å². The Labute approximate surface area is 104 Å². The number of amides is 1. The summed E-state index contributed by atoms with van der Waals surface area (Å²) in [5.41, 5.74) is 1.86. The minimum absolute atomic E-state index is 0.216. The third kappa shape index (κ3) is 2.65. The summed E-state index contributed by atoms with van der Waals surface area (Å²) in [6.07, 6.45) is 3.05. The normalized spacial score (nSPS) is 10.1. The van der Waals surface area contributed by atoms with E-state index in [4.69, 9.17) is 4.74 Å². The smallest absolute Gasteiger partial charge is 0.259 e.